The number of hydrogen-bond acceptors (Lipinski definition) is 5. The third-order valence-electron chi connectivity index (χ3n) is 3.79. The molecule has 1 aromatic carbocycles. The Morgan fingerprint density at radius 1 is 1.20 bits per heavy atom. The van der Waals surface area contributed by atoms with Crippen LogP contribution in [0.4, 0.5) is 0 Å². The molecule has 0 aromatic heterocycles. The van der Waals surface area contributed by atoms with Gasteiger partial charge in [-0.2, -0.15) is 0 Å². The van der Waals surface area contributed by atoms with Gasteiger partial charge < -0.3 is 14.4 Å². The number of hydrogen-bond donors (Lipinski definition) is 0. The number of carbonyl (C=O) groups is 3. The van der Waals surface area contributed by atoms with E-state index in [0.717, 1.165) is 5.56 Å². The molecule has 1 aliphatic heterocycles. The average Bonchev–Trinajstić information content (AvgIpc) is 2.59. The van der Waals surface area contributed by atoms with Crippen LogP contribution in [0.15, 0.2) is 36.5 Å². The SMILES string of the molecule is CCOC(=O)CN1C(=O)C(COC)N(C(C)=O)C=C1c1ccccc1. The Morgan fingerprint density at radius 3 is 2.44 bits per heavy atom. The molecule has 2 rings (SSSR count). The van der Waals surface area contributed by atoms with Crippen molar-refractivity contribution in [3.63, 3.8) is 0 Å². The van der Waals surface area contributed by atoms with Crippen molar-refractivity contribution in [3.8, 4) is 0 Å². The highest BCUT2D eigenvalue weighted by Gasteiger charge is 2.38. The normalized spacial score (nSPS) is 17.3. The predicted molar refractivity (Wildman–Crippen MR) is 90.9 cm³/mol. The Bertz CT molecular complexity index is 671. The number of benzene rings is 1. The molecule has 0 fully saturated rings. The predicted octanol–water partition coefficient (Wildman–Crippen LogP) is 1.25. The van der Waals surface area contributed by atoms with Crippen molar-refractivity contribution in [2.75, 3.05) is 26.9 Å². The fourth-order valence-corrected chi connectivity index (χ4v) is 2.67. The second-order valence-electron chi connectivity index (χ2n) is 5.51. The molecule has 0 aliphatic carbocycles. The summed E-state index contributed by atoms with van der Waals surface area (Å²) in [7, 11) is 1.46. The number of esters is 1. The number of methoxy groups -OCH3 is 1. The zero-order chi connectivity index (χ0) is 18.4. The second-order valence-corrected chi connectivity index (χ2v) is 5.51. The van der Waals surface area contributed by atoms with Gasteiger partial charge in [0.25, 0.3) is 5.91 Å². The van der Waals surface area contributed by atoms with Crippen molar-refractivity contribution in [3.05, 3.63) is 42.1 Å². The van der Waals surface area contributed by atoms with Crippen molar-refractivity contribution in [2.45, 2.75) is 19.9 Å². The lowest BCUT2D eigenvalue weighted by molar-refractivity contribution is -0.150. The summed E-state index contributed by atoms with van der Waals surface area (Å²) in [5, 5.41) is 0. The van der Waals surface area contributed by atoms with Gasteiger partial charge in [-0.3, -0.25) is 19.3 Å². The first-order valence-corrected chi connectivity index (χ1v) is 8.01. The van der Waals surface area contributed by atoms with E-state index in [-0.39, 0.29) is 31.6 Å². The van der Waals surface area contributed by atoms with Gasteiger partial charge in [0, 0.05) is 20.2 Å². The molecule has 1 aliphatic rings. The summed E-state index contributed by atoms with van der Waals surface area (Å²) in [5.41, 5.74) is 1.20. The molecule has 1 aromatic rings. The fourth-order valence-electron chi connectivity index (χ4n) is 2.67. The van der Waals surface area contributed by atoms with Crippen LogP contribution in [0.1, 0.15) is 19.4 Å². The molecule has 1 unspecified atom stereocenters. The molecule has 25 heavy (non-hydrogen) atoms. The lowest BCUT2D eigenvalue weighted by Crippen LogP contribution is -2.54. The van der Waals surface area contributed by atoms with Crippen molar-refractivity contribution in [1.29, 1.82) is 0 Å². The van der Waals surface area contributed by atoms with Gasteiger partial charge in [-0.15, -0.1) is 0 Å². The highest BCUT2D eigenvalue weighted by atomic mass is 16.5. The minimum absolute atomic E-state index is 0.0380. The van der Waals surface area contributed by atoms with Crippen LogP contribution >= 0.6 is 0 Å². The van der Waals surface area contributed by atoms with Crippen LogP contribution in [0.3, 0.4) is 0 Å². The molecule has 2 amide bonds. The highest BCUT2D eigenvalue weighted by molar-refractivity contribution is 5.98. The van der Waals surface area contributed by atoms with Crippen LogP contribution in [-0.4, -0.2) is 60.5 Å². The van der Waals surface area contributed by atoms with E-state index in [1.165, 1.54) is 23.8 Å². The molecular formula is C18H22N2O5. The van der Waals surface area contributed by atoms with Gasteiger partial charge >= 0.3 is 5.97 Å². The van der Waals surface area contributed by atoms with Crippen LogP contribution in [-0.2, 0) is 23.9 Å². The molecule has 0 saturated carbocycles. The highest BCUT2D eigenvalue weighted by Crippen LogP contribution is 2.27. The van der Waals surface area contributed by atoms with E-state index >= 15 is 0 Å². The third kappa shape index (κ3) is 4.24. The van der Waals surface area contributed by atoms with Crippen LogP contribution in [0.5, 0.6) is 0 Å². The standard InChI is InChI=1S/C18H22N2O5/c1-4-25-17(22)11-20-15(14-8-6-5-7-9-14)10-19(13(2)21)16(12-24-3)18(20)23/h5-10,16H,4,11-12H2,1-3H3. The molecule has 1 atom stereocenters. The molecule has 1 heterocycles. The number of nitrogens with zero attached hydrogens (tertiary/aromatic N) is 2. The lowest BCUT2D eigenvalue weighted by atomic mass is 10.1. The minimum Gasteiger partial charge on any atom is -0.465 e. The van der Waals surface area contributed by atoms with E-state index in [1.54, 1.807) is 13.1 Å². The number of carbonyl (C=O) groups excluding carboxylic acids is 3. The molecule has 0 bridgehead atoms. The first-order chi connectivity index (χ1) is 12.0. The van der Waals surface area contributed by atoms with E-state index in [4.69, 9.17) is 9.47 Å². The summed E-state index contributed by atoms with van der Waals surface area (Å²) in [6.07, 6.45) is 1.59. The molecule has 7 heteroatoms. The lowest BCUT2D eigenvalue weighted by Gasteiger charge is -2.38. The van der Waals surface area contributed by atoms with Crippen molar-refractivity contribution >= 4 is 23.5 Å². The van der Waals surface area contributed by atoms with Crippen molar-refractivity contribution in [1.82, 2.24) is 9.80 Å². The largest absolute Gasteiger partial charge is 0.465 e. The monoisotopic (exact) mass is 346 g/mol. The smallest absolute Gasteiger partial charge is 0.326 e. The topological polar surface area (TPSA) is 76.2 Å². The quantitative estimate of drug-likeness (QED) is 0.725. The average molecular weight is 346 g/mol. The molecule has 7 nitrogen and oxygen atoms in total. The minimum atomic E-state index is -0.815. The second kappa shape index (κ2) is 8.43. The van der Waals surface area contributed by atoms with Crippen LogP contribution in [0, 0.1) is 0 Å². The zero-order valence-electron chi connectivity index (χ0n) is 14.6. The van der Waals surface area contributed by atoms with Crippen LogP contribution in [0.25, 0.3) is 5.70 Å². The van der Waals surface area contributed by atoms with Crippen molar-refractivity contribution < 1.29 is 23.9 Å². The maximum Gasteiger partial charge on any atom is 0.326 e. The van der Waals surface area contributed by atoms with Gasteiger partial charge in [0.2, 0.25) is 5.91 Å². The summed E-state index contributed by atoms with van der Waals surface area (Å²) >= 11 is 0. The molecule has 0 N–H and O–H groups in total. The summed E-state index contributed by atoms with van der Waals surface area (Å²) < 4.78 is 10.1. The Morgan fingerprint density at radius 2 is 1.88 bits per heavy atom. The van der Waals surface area contributed by atoms with Gasteiger partial charge in [0.05, 0.1) is 18.9 Å². The molecule has 0 spiro atoms. The number of ether oxygens (including phenoxy) is 2. The van der Waals surface area contributed by atoms with Gasteiger partial charge in [0.15, 0.2) is 0 Å². The molecular weight excluding hydrogens is 324 g/mol. The summed E-state index contributed by atoms with van der Waals surface area (Å²) in [4.78, 5) is 39.6. The molecule has 0 radical (unpaired) electrons. The first kappa shape index (κ1) is 18.7. The Labute approximate surface area is 146 Å². The van der Waals surface area contributed by atoms with E-state index < -0.39 is 12.0 Å². The molecule has 0 saturated heterocycles. The summed E-state index contributed by atoms with van der Waals surface area (Å²) in [5.74, 6) is -1.17. The van der Waals surface area contributed by atoms with Crippen LogP contribution < -0.4 is 0 Å². The van der Waals surface area contributed by atoms with Crippen molar-refractivity contribution in [2.24, 2.45) is 0 Å². The van der Waals surface area contributed by atoms with E-state index in [9.17, 15) is 14.4 Å². The van der Waals surface area contributed by atoms with E-state index in [2.05, 4.69) is 0 Å². The van der Waals surface area contributed by atoms with E-state index in [0.29, 0.717) is 5.70 Å². The Hall–Kier alpha value is -2.67. The number of amides is 2. The van der Waals surface area contributed by atoms with E-state index in [1.807, 2.05) is 30.3 Å². The first-order valence-electron chi connectivity index (χ1n) is 8.01. The maximum absolute atomic E-state index is 13.0. The maximum atomic E-state index is 13.0. The third-order valence-corrected chi connectivity index (χ3v) is 3.79. The summed E-state index contributed by atoms with van der Waals surface area (Å²) in [6.45, 7) is 3.13. The number of rotatable bonds is 6. The Kier molecular flexibility index (Phi) is 6.30. The van der Waals surface area contributed by atoms with Gasteiger partial charge in [-0.1, -0.05) is 30.3 Å². The van der Waals surface area contributed by atoms with Gasteiger partial charge in [0.1, 0.15) is 12.6 Å². The van der Waals surface area contributed by atoms with Gasteiger partial charge in [-0.05, 0) is 12.5 Å². The van der Waals surface area contributed by atoms with Gasteiger partial charge in [-0.25, -0.2) is 0 Å². The van der Waals surface area contributed by atoms with Crippen LogP contribution in [0.2, 0.25) is 0 Å². The fraction of sp³-hybridized carbons (Fsp3) is 0.389. The Balaban J connectivity index is 2.47. The summed E-state index contributed by atoms with van der Waals surface area (Å²) in [6, 6.07) is 8.30. The molecule has 134 valence electrons. The zero-order valence-corrected chi connectivity index (χ0v) is 14.6.